The van der Waals surface area contributed by atoms with Crippen molar-refractivity contribution < 1.29 is 4.79 Å². The molecule has 2 N–H and O–H groups in total. The molecular weight excluding hydrogens is 138 g/mol. The molecular formula is C9H17NO. The van der Waals surface area contributed by atoms with Crippen LogP contribution in [0.5, 0.6) is 0 Å². The number of hydrogen-bond donors (Lipinski definition) is 1. The van der Waals surface area contributed by atoms with E-state index in [-0.39, 0.29) is 17.7 Å². The Morgan fingerprint density at radius 2 is 2.00 bits per heavy atom. The smallest absolute Gasteiger partial charge is 0.152 e. The molecule has 0 spiro atoms. The Balaban J connectivity index is 3.93. The molecule has 0 fully saturated rings. The van der Waals surface area contributed by atoms with Crippen molar-refractivity contribution in [3.63, 3.8) is 0 Å². The molecule has 0 saturated carbocycles. The maximum atomic E-state index is 11.2. The predicted molar refractivity (Wildman–Crippen MR) is 47.3 cm³/mol. The third kappa shape index (κ3) is 3.94. The number of carbonyl (C=O) groups excluding carboxylic acids is 1. The van der Waals surface area contributed by atoms with Crippen molar-refractivity contribution >= 4 is 5.78 Å². The van der Waals surface area contributed by atoms with Gasteiger partial charge < -0.3 is 5.73 Å². The zero-order valence-corrected chi connectivity index (χ0v) is 7.55. The monoisotopic (exact) mass is 155 g/mol. The van der Waals surface area contributed by atoms with Gasteiger partial charge in [-0.15, -0.1) is 6.58 Å². The first-order valence-electron chi connectivity index (χ1n) is 3.88. The summed E-state index contributed by atoms with van der Waals surface area (Å²) in [6, 6.07) is -0.354. The standard InChI is InChI=1S/C9H17NO/c1-6(2)5-8(10)9(11)7(3)4/h7-8H,1,5,10H2,2-4H3. The number of rotatable bonds is 4. The largest absolute Gasteiger partial charge is 0.321 e. The summed E-state index contributed by atoms with van der Waals surface area (Å²) in [4.78, 5) is 11.2. The van der Waals surface area contributed by atoms with Crippen molar-refractivity contribution in [2.75, 3.05) is 0 Å². The topological polar surface area (TPSA) is 43.1 Å². The summed E-state index contributed by atoms with van der Waals surface area (Å²) in [5.41, 5.74) is 6.57. The minimum absolute atomic E-state index is 0.0318. The van der Waals surface area contributed by atoms with Crippen molar-refractivity contribution in [1.29, 1.82) is 0 Å². The van der Waals surface area contributed by atoms with Gasteiger partial charge in [-0.05, 0) is 13.3 Å². The lowest BCUT2D eigenvalue weighted by Crippen LogP contribution is -2.33. The molecule has 2 heteroatoms. The highest BCUT2D eigenvalue weighted by atomic mass is 16.1. The van der Waals surface area contributed by atoms with Gasteiger partial charge in [0.05, 0.1) is 6.04 Å². The first-order chi connectivity index (χ1) is 4.95. The van der Waals surface area contributed by atoms with E-state index in [1.54, 1.807) is 0 Å². The van der Waals surface area contributed by atoms with Gasteiger partial charge in [-0.25, -0.2) is 0 Å². The summed E-state index contributed by atoms with van der Waals surface area (Å²) in [6.07, 6.45) is 0.608. The van der Waals surface area contributed by atoms with Crippen molar-refractivity contribution in [2.45, 2.75) is 33.2 Å². The van der Waals surface area contributed by atoms with Gasteiger partial charge in [0.25, 0.3) is 0 Å². The summed E-state index contributed by atoms with van der Waals surface area (Å²) >= 11 is 0. The van der Waals surface area contributed by atoms with E-state index in [2.05, 4.69) is 6.58 Å². The maximum absolute atomic E-state index is 11.2. The Kier molecular flexibility index (Phi) is 4.04. The van der Waals surface area contributed by atoms with Crippen LogP contribution in [-0.4, -0.2) is 11.8 Å². The van der Waals surface area contributed by atoms with Crippen molar-refractivity contribution in [3.05, 3.63) is 12.2 Å². The van der Waals surface area contributed by atoms with Gasteiger partial charge in [0.15, 0.2) is 5.78 Å². The zero-order chi connectivity index (χ0) is 9.02. The molecule has 0 bridgehead atoms. The van der Waals surface area contributed by atoms with Crippen molar-refractivity contribution in [3.8, 4) is 0 Å². The van der Waals surface area contributed by atoms with Gasteiger partial charge in [0, 0.05) is 5.92 Å². The van der Waals surface area contributed by atoms with Crippen LogP contribution in [0, 0.1) is 5.92 Å². The quantitative estimate of drug-likeness (QED) is 0.625. The van der Waals surface area contributed by atoms with E-state index in [1.807, 2.05) is 20.8 Å². The van der Waals surface area contributed by atoms with E-state index >= 15 is 0 Å². The van der Waals surface area contributed by atoms with Crippen LogP contribution in [0.3, 0.4) is 0 Å². The molecule has 1 unspecified atom stereocenters. The molecule has 1 atom stereocenters. The van der Waals surface area contributed by atoms with Gasteiger partial charge in [0.1, 0.15) is 0 Å². The van der Waals surface area contributed by atoms with Gasteiger partial charge in [-0.1, -0.05) is 19.4 Å². The fraction of sp³-hybridized carbons (Fsp3) is 0.667. The summed E-state index contributed by atoms with van der Waals surface area (Å²) in [5, 5.41) is 0. The number of hydrogen-bond acceptors (Lipinski definition) is 2. The summed E-state index contributed by atoms with van der Waals surface area (Å²) in [7, 11) is 0. The summed E-state index contributed by atoms with van der Waals surface area (Å²) in [5.74, 6) is 0.150. The molecule has 64 valence electrons. The Morgan fingerprint density at radius 3 is 2.27 bits per heavy atom. The van der Waals surface area contributed by atoms with Crippen molar-refractivity contribution in [1.82, 2.24) is 0 Å². The molecule has 0 aliphatic carbocycles. The lowest BCUT2D eigenvalue weighted by atomic mass is 9.98. The third-order valence-electron chi connectivity index (χ3n) is 1.50. The van der Waals surface area contributed by atoms with Crippen LogP contribution < -0.4 is 5.73 Å². The minimum Gasteiger partial charge on any atom is -0.321 e. The molecule has 0 aromatic rings. The van der Waals surface area contributed by atoms with E-state index in [9.17, 15) is 4.79 Å². The lowest BCUT2D eigenvalue weighted by Gasteiger charge is -2.12. The molecule has 11 heavy (non-hydrogen) atoms. The van der Waals surface area contributed by atoms with E-state index in [4.69, 9.17) is 5.73 Å². The summed E-state index contributed by atoms with van der Waals surface area (Å²) in [6.45, 7) is 9.31. The second-order valence-corrected chi connectivity index (χ2v) is 3.32. The first-order valence-corrected chi connectivity index (χ1v) is 3.88. The lowest BCUT2D eigenvalue weighted by molar-refractivity contribution is -0.123. The van der Waals surface area contributed by atoms with E-state index in [1.165, 1.54) is 0 Å². The molecule has 0 heterocycles. The average Bonchev–Trinajstić information content (AvgIpc) is 1.84. The van der Waals surface area contributed by atoms with E-state index in [0.717, 1.165) is 5.57 Å². The van der Waals surface area contributed by atoms with Crippen LogP contribution in [0.4, 0.5) is 0 Å². The average molecular weight is 155 g/mol. The number of ketones is 1. The summed E-state index contributed by atoms with van der Waals surface area (Å²) < 4.78 is 0. The van der Waals surface area contributed by atoms with Gasteiger partial charge in [-0.2, -0.15) is 0 Å². The fourth-order valence-corrected chi connectivity index (χ4v) is 0.904. The van der Waals surface area contributed by atoms with Crippen LogP contribution in [-0.2, 0) is 4.79 Å². The molecule has 2 nitrogen and oxygen atoms in total. The minimum atomic E-state index is -0.354. The third-order valence-corrected chi connectivity index (χ3v) is 1.50. The van der Waals surface area contributed by atoms with Crippen LogP contribution in [0.1, 0.15) is 27.2 Å². The Morgan fingerprint density at radius 1 is 1.55 bits per heavy atom. The van der Waals surface area contributed by atoms with Crippen molar-refractivity contribution in [2.24, 2.45) is 11.7 Å². The highest BCUT2D eigenvalue weighted by Crippen LogP contribution is 2.05. The zero-order valence-electron chi connectivity index (χ0n) is 7.55. The second-order valence-electron chi connectivity index (χ2n) is 3.32. The molecule has 0 aliphatic heterocycles. The molecule has 0 radical (unpaired) electrons. The Labute approximate surface area is 68.5 Å². The van der Waals surface area contributed by atoms with Crippen LogP contribution >= 0.6 is 0 Å². The molecule has 0 aromatic carbocycles. The van der Waals surface area contributed by atoms with Gasteiger partial charge >= 0.3 is 0 Å². The number of Topliss-reactive ketones (excluding diaryl/α,β-unsaturated/α-hetero) is 1. The molecule has 0 rings (SSSR count). The highest BCUT2D eigenvalue weighted by molar-refractivity contribution is 5.85. The molecule has 0 saturated heterocycles. The SMILES string of the molecule is C=C(C)CC(N)C(=O)C(C)C. The molecule has 0 aromatic heterocycles. The van der Waals surface area contributed by atoms with Crippen LogP contribution in [0.15, 0.2) is 12.2 Å². The fourth-order valence-electron chi connectivity index (χ4n) is 0.904. The van der Waals surface area contributed by atoms with Gasteiger partial charge in [-0.3, -0.25) is 4.79 Å². The highest BCUT2D eigenvalue weighted by Gasteiger charge is 2.16. The van der Waals surface area contributed by atoms with Gasteiger partial charge in [0.2, 0.25) is 0 Å². The van der Waals surface area contributed by atoms with E-state index < -0.39 is 0 Å². The van der Waals surface area contributed by atoms with Crippen LogP contribution in [0.25, 0.3) is 0 Å². The van der Waals surface area contributed by atoms with E-state index in [0.29, 0.717) is 6.42 Å². The first kappa shape index (κ1) is 10.4. The normalized spacial score (nSPS) is 13.2. The number of carbonyl (C=O) groups is 1. The Hall–Kier alpha value is -0.630. The predicted octanol–water partition coefficient (Wildman–Crippen LogP) is 1.50. The molecule has 0 aliphatic rings. The molecule has 0 amide bonds. The second kappa shape index (κ2) is 4.29. The maximum Gasteiger partial charge on any atom is 0.152 e. The van der Waals surface area contributed by atoms with Crippen LogP contribution in [0.2, 0.25) is 0 Å². The Bertz CT molecular complexity index is 161. The number of nitrogens with two attached hydrogens (primary N) is 1.